The molecule has 0 radical (unpaired) electrons. The van der Waals surface area contributed by atoms with Gasteiger partial charge in [-0.25, -0.2) is 0 Å². The summed E-state index contributed by atoms with van der Waals surface area (Å²) in [4.78, 5) is 13.4. The summed E-state index contributed by atoms with van der Waals surface area (Å²) in [6, 6.07) is 0.285. The lowest BCUT2D eigenvalue weighted by Gasteiger charge is -2.28. The maximum Gasteiger partial charge on any atom is 0.226 e. The molecule has 14 heavy (non-hydrogen) atoms. The SMILES string of the molecule is CCCCC1C=CC=CN1C(=O)CC. The van der Waals surface area contributed by atoms with E-state index in [1.165, 1.54) is 12.8 Å². The minimum atomic E-state index is 0.215. The molecule has 1 atom stereocenters. The molecule has 0 spiro atoms. The Labute approximate surface area is 86.3 Å². The van der Waals surface area contributed by atoms with Crippen molar-refractivity contribution in [2.75, 3.05) is 0 Å². The quantitative estimate of drug-likeness (QED) is 0.672. The van der Waals surface area contributed by atoms with E-state index in [1.54, 1.807) is 0 Å². The first-order valence-corrected chi connectivity index (χ1v) is 5.45. The van der Waals surface area contributed by atoms with Crippen LogP contribution in [0.25, 0.3) is 0 Å². The summed E-state index contributed by atoms with van der Waals surface area (Å²) < 4.78 is 0. The van der Waals surface area contributed by atoms with Crippen molar-refractivity contribution in [3.8, 4) is 0 Å². The van der Waals surface area contributed by atoms with Crippen molar-refractivity contribution in [1.82, 2.24) is 4.90 Å². The Morgan fingerprint density at radius 2 is 2.14 bits per heavy atom. The van der Waals surface area contributed by atoms with Crippen LogP contribution in [0.15, 0.2) is 24.4 Å². The first kappa shape index (κ1) is 11.0. The van der Waals surface area contributed by atoms with Gasteiger partial charge in [0.15, 0.2) is 0 Å². The second-order valence-corrected chi connectivity index (χ2v) is 3.59. The number of carbonyl (C=O) groups is 1. The van der Waals surface area contributed by atoms with Crippen LogP contribution in [-0.2, 0) is 4.79 Å². The Hall–Kier alpha value is -1.05. The van der Waals surface area contributed by atoms with Crippen molar-refractivity contribution in [1.29, 1.82) is 0 Å². The Kier molecular flexibility index (Phi) is 4.44. The molecule has 1 unspecified atom stereocenters. The zero-order valence-corrected chi connectivity index (χ0v) is 9.07. The summed E-state index contributed by atoms with van der Waals surface area (Å²) in [6.45, 7) is 4.08. The summed E-state index contributed by atoms with van der Waals surface area (Å²) in [5.41, 5.74) is 0. The van der Waals surface area contributed by atoms with Crippen LogP contribution >= 0.6 is 0 Å². The van der Waals surface area contributed by atoms with Crippen LogP contribution in [0.4, 0.5) is 0 Å². The molecule has 0 aromatic heterocycles. The van der Waals surface area contributed by atoms with E-state index < -0.39 is 0 Å². The van der Waals surface area contributed by atoms with E-state index in [1.807, 2.05) is 30.2 Å². The van der Waals surface area contributed by atoms with Gasteiger partial charge in [0.2, 0.25) is 5.91 Å². The fourth-order valence-electron chi connectivity index (χ4n) is 1.64. The molecule has 0 aromatic rings. The Balaban J connectivity index is 2.57. The van der Waals surface area contributed by atoms with Gasteiger partial charge in [0.05, 0.1) is 6.04 Å². The minimum Gasteiger partial charge on any atom is -0.312 e. The van der Waals surface area contributed by atoms with Gasteiger partial charge in [-0.2, -0.15) is 0 Å². The van der Waals surface area contributed by atoms with Gasteiger partial charge in [0.1, 0.15) is 0 Å². The highest BCUT2D eigenvalue weighted by atomic mass is 16.2. The summed E-state index contributed by atoms with van der Waals surface area (Å²) in [5, 5.41) is 0. The van der Waals surface area contributed by atoms with Crippen molar-refractivity contribution in [3.63, 3.8) is 0 Å². The van der Waals surface area contributed by atoms with Crippen LogP contribution in [0.1, 0.15) is 39.5 Å². The molecule has 1 aliphatic heterocycles. The average Bonchev–Trinajstić information content (AvgIpc) is 2.25. The average molecular weight is 193 g/mol. The zero-order valence-electron chi connectivity index (χ0n) is 9.07. The topological polar surface area (TPSA) is 20.3 Å². The summed E-state index contributed by atoms with van der Waals surface area (Å²) in [5.74, 6) is 0.215. The molecule has 78 valence electrons. The van der Waals surface area contributed by atoms with E-state index in [-0.39, 0.29) is 11.9 Å². The minimum absolute atomic E-state index is 0.215. The van der Waals surface area contributed by atoms with E-state index in [0.29, 0.717) is 6.42 Å². The number of unbranched alkanes of at least 4 members (excludes halogenated alkanes) is 1. The largest absolute Gasteiger partial charge is 0.312 e. The number of hydrogen-bond donors (Lipinski definition) is 0. The maximum absolute atomic E-state index is 11.6. The van der Waals surface area contributed by atoms with Crippen molar-refractivity contribution in [2.24, 2.45) is 0 Å². The molecule has 0 saturated heterocycles. The number of carbonyl (C=O) groups excluding carboxylic acids is 1. The van der Waals surface area contributed by atoms with Gasteiger partial charge >= 0.3 is 0 Å². The molecule has 0 aromatic carbocycles. The van der Waals surface area contributed by atoms with Crippen molar-refractivity contribution >= 4 is 5.91 Å². The first-order valence-electron chi connectivity index (χ1n) is 5.45. The summed E-state index contributed by atoms with van der Waals surface area (Å²) in [7, 11) is 0. The van der Waals surface area contributed by atoms with E-state index in [4.69, 9.17) is 0 Å². The second-order valence-electron chi connectivity index (χ2n) is 3.59. The van der Waals surface area contributed by atoms with Gasteiger partial charge in [-0.05, 0) is 12.5 Å². The molecule has 0 bridgehead atoms. The predicted molar refractivity (Wildman–Crippen MR) is 58.7 cm³/mol. The first-order chi connectivity index (χ1) is 6.79. The standard InChI is InChI=1S/C12H19NO/c1-3-5-8-11-9-6-7-10-13(11)12(14)4-2/h6-7,9-11H,3-5,8H2,1-2H3. The molecule has 1 amide bonds. The third kappa shape index (κ3) is 2.72. The van der Waals surface area contributed by atoms with E-state index in [9.17, 15) is 4.79 Å². The zero-order chi connectivity index (χ0) is 10.4. The van der Waals surface area contributed by atoms with E-state index in [0.717, 1.165) is 6.42 Å². The molecule has 2 heteroatoms. The highest BCUT2D eigenvalue weighted by Crippen LogP contribution is 2.15. The Bertz CT molecular complexity index is 243. The summed E-state index contributed by atoms with van der Waals surface area (Å²) >= 11 is 0. The van der Waals surface area contributed by atoms with Gasteiger partial charge in [0, 0.05) is 12.6 Å². The number of rotatable bonds is 4. The van der Waals surface area contributed by atoms with E-state index in [2.05, 4.69) is 13.0 Å². The molecule has 1 heterocycles. The fourth-order valence-corrected chi connectivity index (χ4v) is 1.64. The van der Waals surface area contributed by atoms with Crippen molar-refractivity contribution in [2.45, 2.75) is 45.6 Å². The lowest BCUT2D eigenvalue weighted by atomic mass is 10.1. The highest BCUT2D eigenvalue weighted by Gasteiger charge is 2.18. The van der Waals surface area contributed by atoms with Gasteiger partial charge in [-0.1, -0.05) is 38.8 Å². The third-order valence-electron chi connectivity index (χ3n) is 2.49. The molecule has 0 saturated carbocycles. The van der Waals surface area contributed by atoms with Gasteiger partial charge < -0.3 is 4.90 Å². The third-order valence-corrected chi connectivity index (χ3v) is 2.49. The number of allylic oxidation sites excluding steroid dienone is 2. The molecule has 2 nitrogen and oxygen atoms in total. The maximum atomic E-state index is 11.6. The Morgan fingerprint density at radius 1 is 1.36 bits per heavy atom. The van der Waals surface area contributed by atoms with Crippen LogP contribution in [0.3, 0.4) is 0 Å². The van der Waals surface area contributed by atoms with Crippen molar-refractivity contribution in [3.05, 3.63) is 24.4 Å². The second kappa shape index (κ2) is 5.63. The lowest BCUT2D eigenvalue weighted by Crippen LogP contribution is -2.35. The number of amides is 1. The molecular formula is C12H19NO. The van der Waals surface area contributed by atoms with Gasteiger partial charge in [0.25, 0.3) is 0 Å². The Morgan fingerprint density at radius 3 is 2.79 bits per heavy atom. The van der Waals surface area contributed by atoms with Gasteiger partial charge in [-0.15, -0.1) is 0 Å². The fraction of sp³-hybridized carbons (Fsp3) is 0.583. The molecule has 0 fully saturated rings. The lowest BCUT2D eigenvalue weighted by molar-refractivity contribution is -0.129. The van der Waals surface area contributed by atoms with Crippen LogP contribution < -0.4 is 0 Å². The van der Waals surface area contributed by atoms with Crippen LogP contribution in [0, 0.1) is 0 Å². The van der Waals surface area contributed by atoms with Crippen molar-refractivity contribution < 1.29 is 4.79 Å². The van der Waals surface area contributed by atoms with E-state index >= 15 is 0 Å². The van der Waals surface area contributed by atoms with Crippen LogP contribution in [-0.4, -0.2) is 16.8 Å². The highest BCUT2D eigenvalue weighted by molar-refractivity contribution is 5.77. The molecule has 1 rings (SSSR count). The summed E-state index contributed by atoms with van der Waals surface area (Å²) in [6.07, 6.45) is 12.0. The molecule has 0 N–H and O–H groups in total. The van der Waals surface area contributed by atoms with Crippen LogP contribution in [0.5, 0.6) is 0 Å². The smallest absolute Gasteiger partial charge is 0.226 e. The predicted octanol–water partition coefficient (Wildman–Crippen LogP) is 2.87. The number of nitrogens with zero attached hydrogens (tertiary/aromatic N) is 1. The molecular weight excluding hydrogens is 174 g/mol. The molecule has 0 aliphatic carbocycles. The normalized spacial score (nSPS) is 20.1. The molecule has 1 aliphatic rings. The monoisotopic (exact) mass is 193 g/mol. The van der Waals surface area contributed by atoms with Gasteiger partial charge in [-0.3, -0.25) is 4.79 Å². The number of hydrogen-bond acceptors (Lipinski definition) is 1. The van der Waals surface area contributed by atoms with Crippen LogP contribution in [0.2, 0.25) is 0 Å².